The molecule has 0 radical (unpaired) electrons. The van der Waals surface area contributed by atoms with E-state index in [0.717, 1.165) is 188 Å². The minimum absolute atomic E-state index is 0. The number of halogens is 2. The second-order valence-corrected chi connectivity index (χ2v) is 29.2. The molecule has 6 aromatic rings. The van der Waals surface area contributed by atoms with E-state index in [1.165, 1.54) is 96.4 Å². The number of rotatable bonds is 39. The number of benzene rings is 3. The number of aldehydes is 3. The number of hydrogen-bond donors (Lipinski definition) is 2. The average molecular weight is 1640 g/mol. The predicted molar refractivity (Wildman–Crippen MR) is 425 cm³/mol. The first-order valence-corrected chi connectivity index (χ1v) is 40.0. The van der Waals surface area contributed by atoms with Crippen LogP contribution >= 0.6 is 65.9 Å². The number of aliphatic hydroxyl groups excluding tert-OH is 1. The van der Waals surface area contributed by atoms with Gasteiger partial charge in [0.05, 0.1) is 27.3 Å². The standard InChI is InChI=1S/C24H32BrNO3S.C24H31NO3S.C21H27NO2S.C5H9NO.C4H7Br.CH2O3.2K.H/c1-3-5-13-26(14-6-4-2)20-9-7-19(24(15-20)29-18-21(28)16-25)8-10-22-11-12-23(17-27)30-22;1-3-5-13-25(14-6-4-2)20-9-7-19(24(15-20)28-18-21-17-27-21)8-10-22-11-12-23(16-26)29-22;1-3-5-13-22(14-6-4-2)18-9-7-17(21(24)15-18)8-10-19-11-12-20(16-23)25-19;1-6-4-2-3-5(6)7;5-3-4-1-2-4;2-1-4-3;;;/h7-12,15,17,21,28H,3-6,13-14,16,18H2,1-2H3;7-12,15-16,21H,3-6,13-14,17-18H2,1-2H3;7-12,15-16,24H,3-6,13-14H2,1-2H3;2-4H2,1H3;4H,1-3H2;1,3H;;;/q;;;;;;2*+1;-1/p-1/b3*10-8+;;;;;;. The van der Waals surface area contributed by atoms with Gasteiger partial charge >= 0.3 is 103 Å². The molecule has 2 unspecified atom stereocenters. The van der Waals surface area contributed by atoms with E-state index in [4.69, 9.17) is 24.3 Å². The number of ether oxygens (including phenoxy) is 3. The van der Waals surface area contributed by atoms with Gasteiger partial charge in [-0.3, -0.25) is 24.0 Å². The fraction of sp³-hybridized carbons (Fsp3) is 0.481. The van der Waals surface area contributed by atoms with Crippen LogP contribution in [0.4, 0.5) is 17.1 Å². The Bertz CT molecular complexity index is 3360. The van der Waals surface area contributed by atoms with Crippen molar-refractivity contribution in [2.24, 2.45) is 5.92 Å². The quantitative estimate of drug-likeness (QED) is 0.00921. The Morgan fingerprint density at radius 3 is 1.22 bits per heavy atom. The summed E-state index contributed by atoms with van der Waals surface area (Å²) in [6.45, 7) is 21.9. The molecule has 3 fully saturated rings. The number of amides is 1. The van der Waals surface area contributed by atoms with Crippen LogP contribution < -0.4 is 132 Å². The molecule has 2 saturated heterocycles. The zero-order valence-electron chi connectivity index (χ0n) is 62.7. The van der Waals surface area contributed by atoms with Crippen molar-refractivity contribution in [1.29, 1.82) is 0 Å². The summed E-state index contributed by atoms with van der Waals surface area (Å²) >= 11 is 11.1. The maximum absolute atomic E-state index is 10.9. The van der Waals surface area contributed by atoms with Crippen molar-refractivity contribution in [3.05, 3.63) is 137 Å². The number of thiophene rings is 3. The number of epoxide rings is 1. The van der Waals surface area contributed by atoms with Crippen LogP contribution in [0.15, 0.2) is 91.0 Å². The van der Waals surface area contributed by atoms with Crippen molar-refractivity contribution in [1.82, 2.24) is 4.90 Å². The Balaban J connectivity index is 0.000000686. The van der Waals surface area contributed by atoms with Crippen LogP contribution in [0.1, 0.15) is 206 Å². The third-order valence-electron chi connectivity index (χ3n) is 16.1. The molecule has 16 nitrogen and oxygen atoms in total. The minimum Gasteiger partial charge on any atom is -1.00 e. The first-order chi connectivity index (χ1) is 48.7. The summed E-state index contributed by atoms with van der Waals surface area (Å²) in [4.78, 5) is 68.5. The zero-order valence-corrected chi connectivity index (χ0v) is 73.6. The molecule has 3 aromatic heterocycles. The van der Waals surface area contributed by atoms with Crippen molar-refractivity contribution in [3.63, 3.8) is 0 Å². The van der Waals surface area contributed by atoms with Gasteiger partial charge in [0.25, 0.3) is 6.47 Å². The molecule has 2 N–H and O–H groups in total. The topological polar surface area (TPSA) is 202 Å². The molecule has 102 heavy (non-hydrogen) atoms. The van der Waals surface area contributed by atoms with Gasteiger partial charge in [-0.1, -0.05) is 112 Å². The van der Waals surface area contributed by atoms with Gasteiger partial charge in [0.15, 0.2) is 18.9 Å². The van der Waals surface area contributed by atoms with Gasteiger partial charge in [-0.25, -0.2) is 0 Å². The van der Waals surface area contributed by atoms with E-state index in [9.17, 15) is 29.4 Å². The van der Waals surface area contributed by atoms with Crippen LogP contribution in [0, 0.1) is 5.92 Å². The Kier molecular flexibility index (Phi) is 53.9. The molecule has 2 aliphatic heterocycles. The summed E-state index contributed by atoms with van der Waals surface area (Å²) in [5, 5.41) is 30.4. The smallest absolute Gasteiger partial charge is 1.00 e. The SMILES string of the molecule is BrCC1CC1.CCCCN(CCCC)c1ccc(/C=C/c2ccc(C=O)s2)c(O)c1.CCCCN(CCCC)c1ccc(/C=C/c2ccc(C=O)s2)c(OCC(O)CBr)c1.CCCCN(CCCC)c1ccc(/C=C/c2ccc(C=O)s2)c(OCC2CO2)c1.CN1CCCC1=O.O=CO[O-].[H-].[K+].[K+]. The van der Waals surface area contributed by atoms with Gasteiger partial charge < -0.3 is 55.6 Å². The van der Waals surface area contributed by atoms with E-state index >= 15 is 0 Å². The number of carbonyl (C=O) groups is 5. The number of aromatic hydroxyl groups is 1. The summed E-state index contributed by atoms with van der Waals surface area (Å²) in [5.41, 5.74) is 6.23. The van der Waals surface area contributed by atoms with Gasteiger partial charge in [-0.2, -0.15) is 0 Å². The number of likely N-dealkylation sites (tertiary alicyclic amines) is 1. The number of hydrogen-bond acceptors (Lipinski definition) is 18. The number of phenols is 1. The summed E-state index contributed by atoms with van der Waals surface area (Å²) in [7, 11) is 1.84. The van der Waals surface area contributed by atoms with Crippen LogP contribution in [-0.2, 0) is 19.2 Å². The Labute approximate surface area is 723 Å². The van der Waals surface area contributed by atoms with E-state index in [1.807, 2.05) is 79.9 Å². The largest absolute Gasteiger partial charge is 1.00 e. The number of phenolic OH excluding ortho intramolecular Hbond substituents is 1. The maximum Gasteiger partial charge on any atom is 1.00 e. The molecule has 1 aliphatic carbocycles. The molecule has 1 saturated carbocycles. The van der Waals surface area contributed by atoms with Crippen LogP contribution in [0.25, 0.3) is 36.5 Å². The second-order valence-electron chi connectivity index (χ2n) is 24.4. The maximum atomic E-state index is 10.9. The molecule has 3 aromatic carbocycles. The normalized spacial score (nSPS) is 13.6. The molecule has 2 atom stereocenters. The molecule has 9 rings (SSSR count). The summed E-state index contributed by atoms with van der Waals surface area (Å²) in [5.74, 6) is 3.28. The molecule has 550 valence electrons. The van der Waals surface area contributed by atoms with Crippen LogP contribution in [0.3, 0.4) is 0 Å². The summed E-state index contributed by atoms with van der Waals surface area (Å²) in [6, 6.07) is 30.0. The number of aliphatic hydroxyl groups is 1. The van der Waals surface area contributed by atoms with Crippen molar-refractivity contribution in [2.75, 3.05) is 98.0 Å². The van der Waals surface area contributed by atoms with Crippen molar-refractivity contribution in [3.8, 4) is 17.2 Å². The Morgan fingerprint density at radius 1 is 0.578 bits per heavy atom. The van der Waals surface area contributed by atoms with E-state index in [2.05, 4.69) is 142 Å². The first-order valence-electron chi connectivity index (χ1n) is 35.4. The molecule has 1 amide bonds. The van der Waals surface area contributed by atoms with Crippen LogP contribution in [0.2, 0.25) is 0 Å². The van der Waals surface area contributed by atoms with Gasteiger partial charge in [-0.15, -0.1) is 34.0 Å². The number of carbonyl (C=O) groups excluding carboxylic acids is 5. The van der Waals surface area contributed by atoms with Gasteiger partial charge in [0.2, 0.25) is 5.91 Å². The third kappa shape index (κ3) is 39.1. The van der Waals surface area contributed by atoms with Gasteiger partial charge in [-0.05, 0) is 173 Å². The monoisotopic (exact) mass is 1640 g/mol. The average Bonchev–Trinajstić information content (AvgIpc) is 1.77. The Morgan fingerprint density at radius 2 is 0.941 bits per heavy atom. The van der Waals surface area contributed by atoms with Crippen LogP contribution in [-0.4, -0.2) is 142 Å². The van der Waals surface area contributed by atoms with Crippen LogP contribution in [0.5, 0.6) is 17.2 Å². The number of alkyl halides is 2. The third-order valence-corrected chi connectivity index (χ3v) is 20.7. The molecule has 5 heterocycles. The summed E-state index contributed by atoms with van der Waals surface area (Å²) in [6.07, 6.45) is 33.0. The minimum atomic E-state index is -0.561. The predicted octanol–water partition coefficient (Wildman–Crippen LogP) is 12.6. The van der Waals surface area contributed by atoms with E-state index in [1.54, 1.807) is 11.0 Å². The zero-order chi connectivity index (χ0) is 72.7. The van der Waals surface area contributed by atoms with Crippen molar-refractivity contribution >= 4 is 151 Å². The van der Waals surface area contributed by atoms with Gasteiger partial charge in [0.1, 0.15) is 36.6 Å². The molecule has 3 aliphatic rings. The molecule has 23 heteroatoms. The fourth-order valence-electron chi connectivity index (χ4n) is 9.75. The molecular formula is C79H108Br2K2N4O12S3. The van der Waals surface area contributed by atoms with Crippen molar-refractivity contribution in [2.45, 2.75) is 156 Å². The first kappa shape index (κ1) is 94.9. The fourth-order valence-corrected chi connectivity index (χ4v) is 12.8. The Hall–Kier alpha value is -3.16. The van der Waals surface area contributed by atoms with Crippen molar-refractivity contribution < 1.29 is 163 Å². The second kappa shape index (κ2) is 57.9. The molecular weight excluding hydrogens is 1530 g/mol. The van der Waals surface area contributed by atoms with E-state index in [-0.39, 0.29) is 123 Å². The van der Waals surface area contributed by atoms with E-state index < -0.39 is 6.10 Å². The van der Waals surface area contributed by atoms with Gasteiger partial charge in [0, 0.05) is 137 Å². The molecule has 0 spiro atoms. The van der Waals surface area contributed by atoms with E-state index in [0.29, 0.717) is 33.3 Å². The number of unbranched alkanes of at least 4 members (excludes halogenated alkanes) is 6. The number of nitrogens with zero attached hydrogens (tertiary/aromatic N) is 4. The molecule has 0 bridgehead atoms. The summed E-state index contributed by atoms with van der Waals surface area (Å²) < 4.78 is 17.4. The number of anilines is 3.